The fourth-order valence-corrected chi connectivity index (χ4v) is 3.76. The van der Waals surface area contributed by atoms with E-state index in [-0.39, 0.29) is 5.91 Å². The molecule has 0 aliphatic carbocycles. The predicted octanol–water partition coefficient (Wildman–Crippen LogP) is 1.62. The van der Waals surface area contributed by atoms with E-state index >= 15 is 0 Å². The summed E-state index contributed by atoms with van der Waals surface area (Å²) in [5.74, 6) is -0.0431. The van der Waals surface area contributed by atoms with Gasteiger partial charge in [-0.3, -0.25) is 4.79 Å². The van der Waals surface area contributed by atoms with Crippen LogP contribution in [-0.4, -0.2) is 51.0 Å². The van der Waals surface area contributed by atoms with E-state index in [4.69, 9.17) is 0 Å². The molecule has 6 heteroatoms. The zero-order chi connectivity index (χ0) is 15.8. The van der Waals surface area contributed by atoms with Crippen molar-refractivity contribution >= 4 is 5.91 Å². The fraction of sp³-hybridized carbons (Fsp3) is 0.471. The third kappa shape index (κ3) is 2.74. The summed E-state index contributed by atoms with van der Waals surface area (Å²) in [6.07, 6.45) is 6.24. The number of nitrogens with one attached hydrogen (secondary N) is 1. The summed E-state index contributed by atoms with van der Waals surface area (Å²) >= 11 is 0. The maximum Gasteiger partial charge on any atom is 0.276 e. The van der Waals surface area contributed by atoms with Gasteiger partial charge in [0.25, 0.3) is 5.91 Å². The lowest BCUT2D eigenvalue weighted by molar-refractivity contribution is 0.0675. The largest absolute Gasteiger partial charge is 0.337 e. The van der Waals surface area contributed by atoms with Gasteiger partial charge >= 0.3 is 0 Å². The van der Waals surface area contributed by atoms with Gasteiger partial charge in [0, 0.05) is 25.2 Å². The van der Waals surface area contributed by atoms with E-state index in [1.807, 2.05) is 42.3 Å². The minimum Gasteiger partial charge on any atom is -0.337 e. The summed E-state index contributed by atoms with van der Waals surface area (Å²) in [4.78, 5) is 14.6. The first kappa shape index (κ1) is 14.4. The topological polar surface area (TPSA) is 63.1 Å². The van der Waals surface area contributed by atoms with Crippen molar-refractivity contribution in [3.63, 3.8) is 0 Å². The minimum atomic E-state index is -0.0431. The van der Waals surface area contributed by atoms with E-state index in [9.17, 15) is 4.79 Å². The maximum atomic E-state index is 12.7. The Labute approximate surface area is 135 Å². The van der Waals surface area contributed by atoms with Crippen LogP contribution < -0.4 is 5.32 Å². The molecule has 3 heterocycles. The van der Waals surface area contributed by atoms with Gasteiger partial charge in [-0.05, 0) is 37.8 Å². The second-order valence-electron chi connectivity index (χ2n) is 6.56. The monoisotopic (exact) mass is 311 g/mol. The lowest BCUT2D eigenvalue weighted by atomic mass is 9.98. The fourth-order valence-electron chi connectivity index (χ4n) is 3.76. The summed E-state index contributed by atoms with van der Waals surface area (Å²) in [7, 11) is 1.89. The molecule has 1 aromatic carbocycles. The second kappa shape index (κ2) is 5.77. The number of fused-ring (bicyclic) bond motifs is 2. The van der Waals surface area contributed by atoms with Crippen LogP contribution in [0.15, 0.2) is 36.5 Å². The smallest absolute Gasteiger partial charge is 0.276 e. The Kier molecular flexibility index (Phi) is 3.61. The number of amides is 1. The highest BCUT2D eigenvalue weighted by Crippen LogP contribution is 2.29. The van der Waals surface area contributed by atoms with Crippen molar-refractivity contribution in [3.05, 3.63) is 42.2 Å². The summed E-state index contributed by atoms with van der Waals surface area (Å²) in [6.45, 7) is 0. The van der Waals surface area contributed by atoms with Crippen molar-refractivity contribution in [2.45, 2.75) is 43.8 Å². The second-order valence-corrected chi connectivity index (χ2v) is 6.56. The van der Waals surface area contributed by atoms with Crippen LogP contribution in [0.2, 0.25) is 0 Å². The SMILES string of the molecule is CN(C(=O)c1cn(-c2ccccc2)nn1)C1CC2CCC(C1)N2. The zero-order valence-corrected chi connectivity index (χ0v) is 13.2. The number of aromatic nitrogens is 3. The molecule has 4 rings (SSSR count). The molecule has 2 fully saturated rings. The molecule has 2 aliphatic heterocycles. The van der Waals surface area contributed by atoms with Crippen molar-refractivity contribution in [2.75, 3.05) is 7.05 Å². The Morgan fingerprint density at radius 1 is 1.22 bits per heavy atom. The average Bonchev–Trinajstić information content (AvgIpc) is 3.21. The minimum absolute atomic E-state index is 0.0431. The number of carbonyl (C=O) groups excluding carboxylic acids is 1. The van der Waals surface area contributed by atoms with E-state index in [0.29, 0.717) is 23.8 Å². The van der Waals surface area contributed by atoms with Gasteiger partial charge in [0.05, 0.1) is 11.9 Å². The molecular weight excluding hydrogens is 290 g/mol. The van der Waals surface area contributed by atoms with Crippen LogP contribution in [0.3, 0.4) is 0 Å². The number of nitrogens with zero attached hydrogens (tertiary/aromatic N) is 4. The highest BCUT2D eigenvalue weighted by Gasteiger charge is 2.36. The highest BCUT2D eigenvalue weighted by molar-refractivity contribution is 5.92. The van der Waals surface area contributed by atoms with E-state index < -0.39 is 0 Å². The molecule has 2 unspecified atom stereocenters. The number of hydrogen-bond donors (Lipinski definition) is 1. The molecule has 2 aromatic rings. The molecule has 0 radical (unpaired) electrons. The molecule has 1 amide bonds. The van der Waals surface area contributed by atoms with Crippen LogP contribution in [0.5, 0.6) is 0 Å². The van der Waals surface area contributed by atoms with Crippen molar-refractivity contribution in [1.82, 2.24) is 25.2 Å². The molecule has 6 nitrogen and oxygen atoms in total. The van der Waals surface area contributed by atoms with E-state index in [0.717, 1.165) is 18.5 Å². The Morgan fingerprint density at radius 3 is 2.61 bits per heavy atom. The number of piperidine rings is 1. The van der Waals surface area contributed by atoms with Crippen LogP contribution >= 0.6 is 0 Å². The van der Waals surface area contributed by atoms with Gasteiger partial charge < -0.3 is 10.2 Å². The molecule has 1 N–H and O–H groups in total. The molecule has 23 heavy (non-hydrogen) atoms. The maximum absolute atomic E-state index is 12.7. The number of hydrogen-bond acceptors (Lipinski definition) is 4. The summed E-state index contributed by atoms with van der Waals surface area (Å²) in [6, 6.07) is 11.1. The van der Waals surface area contributed by atoms with Crippen molar-refractivity contribution < 1.29 is 4.79 Å². The third-order valence-electron chi connectivity index (χ3n) is 5.05. The molecule has 120 valence electrons. The van der Waals surface area contributed by atoms with Crippen LogP contribution in [-0.2, 0) is 0 Å². The number of benzene rings is 1. The van der Waals surface area contributed by atoms with Crippen LogP contribution in [0, 0.1) is 0 Å². The summed E-state index contributed by atoms with van der Waals surface area (Å²) in [5.41, 5.74) is 1.31. The van der Waals surface area contributed by atoms with Gasteiger partial charge in [-0.2, -0.15) is 0 Å². The van der Waals surface area contributed by atoms with E-state index in [2.05, 4.69) is 15.6 Å². The Bertz CT molecular complexity index is 686. The standard InChI is InChI=1S/C17H21N5O/c1-21(15-9-12-7-8-13(10-15)18-12)17(23)16-11-22(20-19-16)14-5-3-2-4-6-14/h2-6,11-13,15,18H,7-10H2,1H3. The highest BCUT2D eigenvalue weighted by atomic mass is 16.2. The molecule has 1 aromatic heterocycles. The Hall–Kier alpha value is -2.21. The van der Waals surface area contributed by atoms with Crippen LogP contribution in [0.1, 0.15) is 36.2 Å². The van der Waals surface area contributed by atoms with Gasteiger partial charge in [-0.1, -0.05) is 23.4 Å². The molecule has 0 spiro atoms. The molecule has 2 atom stereocenters. The van der Waals surface area contributed by atoms with Crippen molar-refractivity contribution in [3.8, 4) is 5.69 Å². The van der Waals surface area contributed by atoms with Crippen LogP contribution in [0.4, 0.5) is 0 Å². The van der Waals surface area contributed by atoms with E-state index in [1.54, 1.807) is 10.9 Å². The first-order valence-corrected chi connectivity index (χ1v) is 8.21. The van der Waals surface area contributed by atoms with Crippen molar-refractivity contribution in [1.29, 1.82) is 0 Å². The average molecular weight is 311 g/mol. The quantitative estimate of drug-likeness (QED) is 0.935. The number of para-hydroxylation sites is 1. The van der Waals surface area contributed by atoms with Crippen LogP contribution in [0.25, 0.3) is 5.69 Å². The van der Waals surface area contributed by atoms with Gasteiger partial charge in [0.15, 0.2) is 5.69 Å². The molecular formula is C17H21N5O. The van der Waals surface area contributed by atoms with E-state index in [1.165, 1.54) is 12.8 Å². The third-order valence-corrected chi connectivity index (χ3v) is 5.05. The lowest BCUT2D eigenvalue weighted by Gasteiger charge is -2.35. The molecule has 2 aliphatic rings. The number of carbonyl (C=O) groups is 1. The van der Waals surface area contributed by atoms with Crippen molar-refractivity contribution in [2.24, 2.45) is 0 Å². The number of rotatable bonds is 3. The van der Waals surface area contributed by atoms with Gasteiger partial charge in [-0.15, -0.1) is 5.10 Å². The van der Waals surface area contributed by atoms with Gasteiger partial charge in [0.1, 0.15) is 0 Å². The first-order chi connectivity index (χ1) is 11.2. The lowest BCUT2D eigenvalue weighted by Crippen LogP contribution is -2.48. The normalized spacial score (nSPS) is 26.2. The first-order valence-electron chi connectivity index (χ1n) is 8.21. The summed E-state index contributed by atoms with van der Waals surface area (Å²) < 4.78 is 1.65. The predicted molar refractivity (Wildman–Crippen MR) is 86.4 cm³/mol. The van der Waals surface area contributed by atoms with Gasteiger partial charge in [0.2, 0.25) is 0 Å². The Balaban J connectivity index is 1.49. The Morgan fingerprint density at radius 2 is 1.91 bits per heavy atom. The molecule has 2 saturated heterocycles. The van der Waals surface area contributed by atoms with Gasteiger partial charge in [-0.25, -0.2) is 4.68 Å². The molecule has 0 saturated carbocycles. The zero-order valence-electron chi connectivity index (χ0n) is 13.2. The summed E-state index contributed by atoms with van der Waals surface area (Å²) in [5, 5.41) is 11.8. The molecule has 2 bridgehead atoms.